The van der Waals surface area contributed by atoms with Crippen molar-refractivity contribution in [3.63, 3.8) is 0 Å². The molecule has 0 aromatic carbocycles. The summed E-state index contributed by atoms with van der Waals surface area (Å²) in [6.07, 6.45) is 8.37. The fraction of sp³-hybridized carbons (Fsp3) is 0.800. The Morgan fingerprint density at radius 2 is 2.46 bits per heavy atom. The lowest BCUT2D eigenvalue weighted by molar-refractivity contribution is -0.178. The second-order valence-corrected chi connectivity index (χ2v) is 3.10. The number of terminal acetylenes is 1. The van der Waals surface area contributed by atoms with Gasteiger partial charge in [0.15, 0.2) is 6.29 Å². The van der Waals surface area contributed by atoms with E-state index in [-0.39, 0.29) is 19.0 Å². The molecule has 2 atom stereocenters. The summed E-state index contributed by atoms with van der Waals surface area (Å²) in [5.74, 6) is 2.49. The predicted molar refractivity (Wildman–Crippen MR) is 49.0 cm³/mol. The topological polar surface area (TPSA) is 38.7 Å². The minimum atomic E-state index is -0.312. The Balaban J connectivity index is 2.24. The predicted octanol–water partition coefficient (Wildman–Crippen LogP) is 0.914. The molecule has 74 valence electrons. The fourth-order valence-corrected chi connectivity index (χ4v) is 1.31. The summed E-state index contributed by atoms with van der Waals surface area (Å²) in [7, 11) is 0. The van der Waals surface area contributed by atoms with Gasteiger partial charge >= 0.3 is 0 Å². The minimum absolute atomic E-state index is 0.0571. The van der Waals surface area contributed by atoms with Gasteiger partial charge in [-0.05, 0) is 19.3 Å². The molecule has 0 aliphatic carbocycles. The molecule has 3 nitrogen and oxygen atoms in total. The van der Waals surface area contributed by atoms with Gasteiger partial charge < -0.3 is 14.6 Å². The van der Waals surface area contributed by atoms with Gasteiger partial charge in [0.05, 0.1) is 0 Å². The Bertz CT molecular complexity index is 167. The molecule has 0 saturated carbocycles. The Labute approximate surface area is 79.0 Å². The molecule has 0 spiro atoms. The zero-order chi connectivity index (χ0) is 9.52. The number of aliphatic hydroxyl groups excluding tert-OH is 1. The standard InChI is InChI=1S/C10H16O3/c1-2-9(6-7-11)13-10-5-3-4-8-12-10/h1,9-11H,3-8H2/t9-,10?/m1/s1. The van der Waals surface area contributed by atoms with E-state index >= 15 is 0 Å². The second-order valence-electron chi connectivity index (χ2n) is 3.10. The summed E-state index contributed by atoms with van der Waals surface area (Å²) < 4.78 is 10.8. The summed E-state index contributed by atoms with van der Waals surface area (Å²) in [5, 5.41) is 8.68. The fourth-order valence-electron chi connectivity index (χ4n) is 1.31. The molecule has 1 heterocycles. The van der Waals surface area contributed by atoms with Crippen LogP contribution in [0.5, 0.6) is 0 Å². The largest absolute Gasteiger partial charge is 0.396 e. The molecule has 1 rings (SSSR count). The van der Waals surface area contributed by atoms with Crippen molar-refractivity contribution in [3.05, 3.63) is 0 Å². The highest BCUT2D eigenvalue weighted by molar-refractivity contribution is 4.94. The third kappa shape index (κ3) is 3.77. The molecule has 1 N–H and O–H groups in total. The molecule has 13 heavy (non-hydrogen) atoms. The molecule has 1 unspecified atom stereocenters. The van der Waals surface area contributed by atoms with Gasteiger partial charge in [0.2, 0.25) is 0 Å². The maximum atomic E-state index is 8.68. The van der Waals surface area contributed by atoms with E-state index in [2.05, 4.69) is 5.92 Å². The number of aliphatic hydroxyl groups is 1. The van der Waals surface area contributed by atoms with Gasteiger partial charge in [0.25, 0.3) is 0 Å². The van der Waals surface area contributed by atoms with Crippen molar-refractivity contribution in [2.24, 2.45) is 0 Å². The highest BCUT2D eigenvalue weighted by Gasteiger charge is 2.17. The van der Waals surface area contributed by atoms with Crippen LogP contribution in [0.3, 0.4) is 0 Å². The van der Waals surface area contributed by atoms with Gasteiger partial charge in [0.1, 0.15) is 6.10 Å². The third-order valence-corrected chi connectivity index (χ3v) is 2.03. The summed E-state index contributed by atoms with van der Waals surface area (Å²) >= 11 is 0. The van der Waals surface area contributed by atoms with E-state index in [1.807, 2.05) is 0 Å². The Kier molecular flexibility index (Phi) is 4.84. The average molecular weight is 184 g/mol. The van der Waals surface area contributed by atoms with Crippen molar-refractivity contribution in [1.29, 1.82) is 0 Å². The van der Waals surface area contributed by atoms with E-state index in [1.54, 1.807) is 0 Å². The van der Waals surface area contributed by atoms with Gasteiger partial charge in [-0.3, -0.25) is 0 Å². The Morgan fingerprint density at radius 1 is 1.62 bits per heavy atom. The third-order valence-electron chi connectivity index (χ3n) is 2.03. The maximum absolute atomic E-state index is 8.68. The monoisotopic (exact) mass is 184 g/mol. The highest BCUT2D eigenvalue weighted by Crippen LogP contribution is 2.15. The van der Waals surface area contributed by atoms with Gasteiger partial charge in [-0.2, -0.15) is 0 Å². The maximum Gasteiger partial charge on any atom is 0.159 e. The molecular weight excluding hydrogens is 168 g/mol. The smallest absolute Gasteiger partial charge is 0.159 e. The van der Waals surface area contributed by atoms with Gasteiger partial charge in [-0.15, -0.1) is 6.42 Å². The van der Waals surface area contributed by atoms with Crippen LogP contribution in [0.1, 0.15) is 25.7 Å². The van der Waals surface area contributed by atoms with Crippen LogP contribution in [-0.2, 0) is 9.47 Å². The van der Waals surface area contributed by atoms with Crippen LogP contribution in [0, 0.1) is 12.3 Å². The van der Waals surface area contributed by atoms with Crippen molar-refractivity contribution in [2.45, 2.75) is 38.1 Å². The molecular formula is C10H16O3. The number of ether oxygens (including phenoxy) is 2. The van der Waals surface area contributed by atoms with E-state index in [0.29, 0.717) is 6.42 Å². The van der Waals surface area contributed by atoms with Crippen LogP contribution in [0.4, 0.5) is 0 Å². The van der Waals surface area contributed by atoms with E-state index < -0.39 is 0 Å². The molecule has 1 aliphatic heterocycles. The molecule has 0 amide bonds. The first-order valence-corrected chi connectivity index (χ1v) is 4.71. The SMILES string of the molecule is C#C[C@H](CCO)OC1CCCCO1. The van der Waals surface area contributed by atoms with E-state index in [1.165, 1.54) is 0 Å². The molecule has 1 aliphatic rings. The van der Waals surface area contributed by atoms with Crippen LogP contribution in [0.2, 0.25) is 0 Å². The highest BCUT2D eigenvalue weighted by atomic mass is 16.7. The van der Waals surface area contributed by atoms with Crippen LogP contribution in [-0.4, -0.2) is 30.7 Å². The van der Waals surface area contributed by atoms with Crippen LogP contribution in [0.25, 0.3) is 0 Å². The molecule has 1 fully saturated rings. The van der Waals surface area contributed by atoms with Crippen LogP contribution < -0.4 is 0 Å². The normalized spacial score (nSPS) is 25.1. The molecule has 0 aromatic rings. The zero-order valence-corrected chi connectivity index (χ0v) is 7.74. The zero-order valence-electron chi connectivity index (χ0n) is 7.74. The number of rotatable bonds is 4. The van der Waals surface area contributed by atoms with Crippen molar-refractivity contribution in [1.82, 2.24) is 0 Å². The van der Waals surface area contributed by atoms with E-state index in [4.69, 9.17) is 21.0 Å². The van der Waals surface area contributed by atoms with Crippen LogP contribution in [0.15, 0.2) is 0 Å². The quantitative estimate of drug-likeness (QED) is 0.660. The second kappa shape index (κ2) is 5.98. The number of hydrogen-bond acceptors (Lipinski definition) is 3. The van der Waals surface area contributed by atoms with Gasteiger partial charge in [0, 0.05) is 19.6 Å². The first-order chi connectivity index (χ1) is 6.36. The van der Waals surface area contributed by atoms with E-state index in [0.717, 1.165) is 25.9 Å². The van der Waals surface area contributed by atoms with Gasteiger partial charge in [-0.25, -0.2) is 0 Å². The number of hydrogen-bond donors (Lipinski definition) is 1. The Morgan fingerprint density at radius 3 is 3.00 bits per heavy atom. The molecule has 3 heteroatoms. The van der Waals surface area contributed by atoms with E-state index in [9.17, 15) is 0 Å². The molecule has 0 aromatic heterocycles. The van der Waals surface area contributed by atoms with Crippen LogP contribution >= 0.6 is 0 Å². The average Bonchev–Trinajstić information content (AvgIpc) is 2.19. The van der Waals surface area contributed by atoms with Crippen molar-refractivity contribution >= 4 is 0 Å². The molecule has 1 saturated heterocycles. The molecule has 0 bridgehead atoms. The first kappa shape index (κ1) is 10.5. The summed E-state index contributed by atoms with van der Waals surface area (Å²) in [6, 6.07) is 0. The summed E-state index contributed by atoms with van der Waals surface area (Å²) in [5.41, 5.74) is 0. The lowest BCUT2D eigenvalue weighted by Gasteiger charge is -2.25. The molecule has 0 radical (unpaired) electrons. The van der Waals surface area contributed by atoms with Crippen molar-refractivity contribution in [3.8, 4) is 12.3 Å². The lowest BCUT2D eigenvalue weighted by atomic mass is 10.2. The van der Waals surface area contributed by atoms with Gasteiger partial charge in [-0.1, -0.05) is 5.92 Å². The minimum Gasteiger partial charge on any atom is -0.396 e. The Hall–Kier alpha value is -0.560. The lowest BCUT2D eigenvalue weighted by Crippen LogP contribution is -2.27. The van der Waals surface area contributed by atoms with Crippen molar-refractivity contribution < 1.29 is 14.6 Å². The van der Waals surface area contributed by atoms with Crippen molar-refractivity contribution in [2.75, 3.05) is 13.2 Å². The summed E-state index contributed by atoms with van der Waals surface area (Å²) in [4.78, 5) is 0. The summed E-state index contributed by atoms with van der Waals surface area (Å²) in [6.45, 7) is 0.808. The first-order valence-electron chi connectivity index (χ1n) is 4.71.